The van der Waals surface area contributed by atoms with E-state index < -0.39 is 24.1 Å². The van der Waals surface area contributed by atoms with E-state index in [2.05, 4.69) is 31.2 Å². The predicted molar refractivity (Wildman–Crippen MR) is 178 cm³/mol. The third-order valence-electron chi connectivity index (χ3n) is 9.92. The van der Waals surface area contributed by atoms with Gasteiger partial charge >= 0.3 is 11.9 Å². The van der Waals surface area contributed by atoms with Gasteiger partial charge in [0.25, 0.3) is 12.2 Å². The molecule has 0 unspecified atom stereocenters. The van der Waals surface area contributed by atoms with E-state index in [0.717, 1.165) is 49.4 Å². The number of esters is 2. The normalized spacial score (nSPS) is 23.3. The van der Waals surface area contributed by atoms with Crippen molar-refractivity contribution in [2.24, 2.45) is 28.1 Å². The van der Waals surface area contributed by atoms with E-state index in [1.54, 1.807) is 26.4 Å². The third-order valence-corrected chi connectivity index (χ3v) is 9.92. The molecule has 3 aromatic rings. The van der Waals surface area contributed by atoms with Gasteiger partial charge in [-0.05, 0) is 60.9 Å². The predicted octanol–water partition coefficient (Wildman–Crippen LogP) is 3.68. The SMILES string of the molecule is COC(=O)[C@H]1[C@H]2C[C@@H]3c4[nH]c5cc(OC)ccc5c4CCN3C[C@H]2C[C@@H](OC(=O)c2cc(OC)c(OC)c(OC)c2)[C@@H]1OC.O=C=NON=C=O. The minimum absolute atomic E-state index is 0.0170. The van der Waals surface area contributed by atoms with Crippen LogP contribution in [0.25, 0.3) is 10.9 Å². The number of aromatic nitrogens is 1. The Labute approximate surface area is 293 Å². The first kappa shape index (κ1) is 36.9. The second-order valence-corrected chi connectivity index (χ2v) is 12.1. The molecule has 16 nitrogen and oxygen atoms in total. The minimum Gasteiger partial charge on any atom is -0.497 e. The molecular formula is C35H40N4O12. The van der Waals surface area contributed by atoms with Crippen molar-refractivity contribution in [1.82, 2.24) is 9.88 Å². The number of nitrogens with one attached hydrogen (secondary N) is 1. The number of hydrogen-bond acceptors (Lipinski definition) is 15. The highest BCUT2D eigenvalue weighted by Crippen LogP contribution is 2.51. The van der Waals surface area contributed by atoms with Gasteiger partial charge in [0.15, 0.2) is 11.5 Å². The molecule has 1 N–H and O–H groups in total. The monoisotopic (exact) mass is 708 g/mol. The summed E-state index contributed by atoms with van der Waals surface area (Å²) in [5.41, 5.74) is 3.83. The number of H-pyrrole nitrogens is 1. The van der Waals surface area contributed by atoms with Gasteiger partial charge in [-0.15, -0.1) is 0 Å². The van der Waals surface area contributed by atoms with E-state index in [0.29, 0.717) is 23.7 Å². The van der Waals surface area contributed by atoms with Gasteiger partial charge in [-0.1, -0.05) is 0 Å². The number of carbonyl (C=O) groups is 2. The average Bonchev–Trinajstić information content (AvgIpc) is 3.54. The first-order valence-electron chi connectivity index (χ1n) is 16.1. The van der Waals surface area contributed by atoms with Crippen LogP contribution in [0.3, 0.4) is 0 Å². The Kier molecular flexibility index (Phi) is 12.0. The van der Waals surface area contributed by atoms with Gasteiger partial charge in [0.05, 0.1) is 53.1 Å². The molecule has 3 heterocycles. The highest BCUT2D eigenvalue weighted by atomic mass is 16.8. The molecule has 0 bridgehead atoms. The lowest BCUT2D eigenvalue weighted by Crippen LogP contribution is -2.58. The van der Waals surface area contributed by atoms with Gasteiger partial charge in [0, 0.05) is 53.2 Å². The zero-order valence-corrected chi connectivity index (χ0v) is 29.1. The zero-order valence-electron chi connectivity index (χ0n) is 29.1. The fourth-order valence-corrected chi connectivity index (χ4v) is 7.82. The third kappa shape index (κ3) is 7.40. The Morgan fingerprint density at radius 1 is 0.902 bits per heavy atom. The number of isocyanates is 2. The van der Waals surface area contributed by atoms with Gasteiger partial charge in [-0.25, -0.2) is 19.3 Å². The fourth-order valence-electron chi connectivity index (χ4n) is 7.82. The molecule has 3 aliphatic rings. The summed E-state index contributed by atoms with van der Waals surface area (Å²) in [6.07, 6.45) is 2.89. The Hall–Kier alpha value is -5.40. The molecule has 51 heavy (non-hydrogen) atoms. The molecule has 2 aliphatic heterocycles. The molecular weight excluding hydrogens is 668 g/mol. The van der Waals surface area contributed by atoms with Gasteiger partial charge in [-0.3, -0.25) is 9.69 Å². The van der Waals surface area contributed by atoms with Crippen LogP contribution in [0.15, 0.2) is 40.6 Å². The molecule has 1 aliphatic carbocycles. The van der Waals surface area contributed by atoms with Crippen molar-refractivity contribution in [2.75, 3.05) is 55.7 Å². The van der Waals surface area contributed by atoms with Crippen molar-refractivity contribution in [1.29, 1.82) is 0 Å². The molecule has 2 fully saturated rings. The molecule has 6 atom stereocenters. The number of fused-ring (bicyclic) bond motifs is 6. The van der Waals surface area contributed by atoms with E-state index >= 15 is 0 Å². The van der Waals surface area contributed by atoms with Gasteiger partial charge in [-0.2, -0.15) is 0 Å². The smallest absolute Gasteiger partial charge is 0.338 e. The van der Waals surface area contributed by atoms with Crippen LogP contribution in [0.1, 0.15) is 40.5 Å². The molecule has 0 spiro atoms. The fraction of sp³-hybridized carbons (Fsp3) is 0.486. The van der Waals surface area contributed by atoms with E-state index in [1.165, 1.54) is 45.1 Å². The molecule has 0 amide bonds. The van der Waals surface area contributed by atoms with Crippen LogP contribution < -0.4 is 18.9 Å². The Morgan fingerprint density at radius 2 is 1.61 bits per heavy atom. The Morgan fingerprint density at radius 3 is 2.20 bits per heavy atom. The van der Waals surface area contributed by atoms with Crippen molar-refractivity contribution in [2.45, 2.75) is 37.5 Å². The van der Waals surface area contributed by atoms with Crippen molar-refractivity contribution in [3.63, 3.8) is 0 Å². The van der Waals surface area contributed by atoms with Gasteiger partial charge < -0.3 is 38.1 Å². The summed E-state index contributed by atoms with van der Waals surface area (Å²) < 4.78 is 39.1. The Bertz CT molecular complexity index is 1790. The highest BCUT2D eigenvalue weighted by Gasteiger charge is 2.54. The summed E-state index contributed by atoms with van der Waals surface area (Å²) in [5.74, 6) is 0.441. The number of nitrogens with zero attached hydrogens (tertiary/aromatic N) is 3. The van der Waals surface area contributed by atoms with Crippen molar-refractivity contribution in [3.05, 3.63) is 47.2 Å². The summed E-state index contributed by atoms with van der Waals surface area (Å²) in [6.45, 7) is 1.68. The van der Waals surface area contributed by atoms with Crippen LogP contribution in [-0.2, 0) is 40.0 Å². The van der Waals surface area contributed by atoms with E-state index in [-0.39, 0.29) is 29.4 Å². The van der Waals surface area contributed by atoms with Crippen molar-refractivity contribution < 1.29 is 57.3 Å². The number of hydrogen-bond donors (Lipinski definition) is 1. The lowest BCUT2D eigenvalue weighted by Gasteiger charge is -2.52. The molecule has 2 aromatic carbocycles. The largest absolute Gasteiger partial charge is 0.497 e. The molecule has 16 heteroatoms. The quantitative estimate of drug-likeness (QED) is 0.139. The molecule has 1 saturated heterocycles. The number of carbonyl (C=O) groups excluding carboxylic acids is 4. The van der Waals surface area contributed by atoms with Crippen LogP contribution in [0.5, 0.6) is 23.0 Å². The second kappa shape index (κ2) is 16.5. The standard InChI is InChI=1S/C33H40N2O9.C2N2O3/c1-38-19-7-8-20-21-9-10-35-16-18-13-27(44-32(36)17-11-25(39-2)30(41-4)26(12-17)40-3)31(42-5)28(33(37)43-6)22(18)15-24(35)29(21)34-23(20)14-19;5-1-3-7-4-2-6/h7-8,11-12,14,18,22,24,27-28,31,34H,9-10,13,15-16H2,1-6H3;/t18-,22+,24-,27-,28+,31+;/m1./s1. The zero-order chi connectivity index (χ0) is 36.7. The van der Waals surface area contributed by atoms with E-state index in [9.17, 15) is 9.59 Å². The first-order chi connectivity index (χ1) is 24.8. The minimum atomic E-state index is -0.670. The summed E-state index contributed by atoms with van der Waals surface area (Å²) in [5, 5.41) is 6.07. The molecule has 0 radical (unpaired) electrons. The number of piperidine rings is 1. The number of benzene rings is 2. The molecule has 6 rings (SSSR count). The average molecular weight is 709 g/mol. The molecule has 1 saturated carbocycles. The lowest BCUT2D eigenvalue weighted by atomic mass is 9.63. The van der Waals surface area contributed by atoms with Crippen LogP contribution in [0.2, 0.25) is 0 Å². The highest BCUT2D eigenvalue weighted by molar-refractivity contribution is 5.91. The van der Waals surface area contributed by atoms with Gasteiger partial charge in [0.2, 0.25) is 5.75 Å². The summed E-state index contributed by atoms with van der Waals surface area (Å²) in [7, 11) is 9.10. The Balaban J connectivity index is 0.000000654. The van der Waals surface area contributed by atoms with E-state index in [1.807, 2.05) is 12.1 Å². The van der Waals surface area contributed by atoms with Crippen LogP contribution >= 0.6 is 0 Å². The maximum absolute atomic E-state index is 13.5. The van der Waals surface area contributed by atoms with E-state index in [4.69, 9.17) is 42.7 Å². The van der Waals surface area contributed by atoms with Crippen LogP contribution in [0, 0.1) is 17.8 Å². The molecule has 1 aromatic heterocycles. The lowest BCUT2D eigenvalue weighted by molar-refractivity contribution is -0.176. The maximum atomic E-state index is 13.5. The van der Waals surface area contributed by atoms with Crippen LogP contribution in [-0.4, -0.2) is 102 Å². The summed E-state index contributed by atoms with van der Waals surface area (Å²) in [4.78, 5) is 54.8. The topological polar surface area (TPSA) is 186 Å². The molecule has 272 valence electrons. The maximum Gasteiger partial charge on any atom is 0.338 e. The van der Waals surface area contributed by atoms with Gasteiger partial charge in [0.1, 0.15) is 18.0 Å². The summed E-state index contributed by atoms with van der Waals surface area (Å²) in [6, 6.07) is 9.40. The number of rotatable bonds is 10. The number of methoxy groups -OCH3 is 6. The van der Waals surface area contributed by atoms with Crippen LogP contribution in [0.4, 0.5) is 0 Å². The van der Waals surface area contributed by atoms with Crippen molar-refractivity contribution in [3.8, 4) is 23.0 Å². The van der Waals surface area contributed by atoms with Crippen molar-refractivity contribution >= 4 is 35.0 Å². The number of ether oxygens (including phenoxy) is 7. The number of aromatic amines is 1. The first-order valence-corrected chi connectivity index (χ1v) is 16.1. The second-order valence-electron chi connectivity index (χ2n) is 12.1. The summed E-state index contributed by atoms with van der Waals surface area (Å²) >= 11 is 0.